The highest BCUT2D eigenvalue weighted by Crippen LogP contribution is 2.32. The monoisotopic (exact) mass is 239 g/mol. The van der Waals surface area contributed by atoms with Gasteiger partial charge in [-0.15, -0.1) is 11.6 Å². The van der Waals surface area contributed by atoms with Crippen LogP contribution in [0.15, 0.2) is 24.4 Å². The van der Waals surface area contributed by atoms with Crippen LogP contribution >= 0.6 is 11.6 Å². The summed E-state index contributed by atoms with van der Waals surface area (Å²) in [6.45, 7) is 4.22. The largest absolute Gasteiger partial charge is 0.374 e. The van der Waals surface area contributed by atoms with Crippen LogP contribution < -0.4 is 0 Å². The quantitative estimate of drug-likeness (QED) is 0.755. The third-order valence-electron chi connectivity index (χ3n) is 3.25. The molecule has 1 aromatic rings. The summed E-state index contributed by atoms with van der Waals surface area (Å²) in [6.07, 6.45) is 4.51. The van der Waals surface area contributed by atoms with Gasteiger partial charge in [-0.2, -0.15) is 0 Å². The highest BCUT2D eigenvalue weighted by atomic mass is 35.5. The third kappa shape index (κ3) is 2.55. The minimum atomic E-state index is 0.0138. The first-order chi connectivity index (χ1) is 7.68. The number of hydrogen-bond acceptors (Lipinski definition) is 2. The van der Waals surface area contributed by atoms with Gasteiger partial charge >= 0.3 is 0 Å². The van der Waals surface area contributed by atoms with Crippen LogP contribution in [0.1, 0.15) is 38.3 Å². The van der Waals surface area contributed by atoms with Gasteiger partial charge < -0.3 is 4.74 Å². The standard InChI is InChI=1S/C13H18ClNO/c1-9-6-7-12(16-9)13(14)10(2)11-5-3-4-8-15-11/h3-5,8-10,12-13H,6-7H2,1-2H3. The number of rotatable bonds is 3. The van der Waals surface area contributed by atoms with Gasteiger partial charge in [-0.05, 0) is 31.9 Å². The van der Waals surface area contributed by atoms with E-state index in [2.05, 4.69) is 18.8 Å². The molecule has 0 radical (unpaired) electrons. The Labute approximate surface area is 102 Å². The van der Waals surface area contributed by atoms with Crippen LogP contribution in [0.2, 0.25) is 0 Å². The second-order valence-electron chi connectivity index (χ2n) is 4.55. The average molecular weight is 240 g/mol. The van der Waals surface area contributed by atoms with Crippen LogP contribution in [0.5, 0.6) is 0 Å². The molecule has 2 nitrogen and oxygen atoms in total. The molecule has 1 aromatic heterocycles. The smallest absolute Gasteiger partial charge is 0.0749 e. The van der Waals surface area contributed by atoms with Gasteiger partial charge in [0.25, 0.3) is 0 Å². The molecule has 4 atom stereocenters. The Morgan fingerprint density at radius 3 is 2.81 bits per heavy atom. The Bertz CT molecular complexity index is 330. The summed E-state index contributed by atoms with van der Waals surface area (Å²) in [4.78, 5) is 4.35. The number of hydrogen-bond donors (Lipinski definition) is 0. The van der Waals surface area contributed by atoms with Crippen LogP contribution in [0.25, 0.3) is 0 Å². The van der Waals surface area contributed by atoms with Crippen molar-refractivity contribution >= 4 is 11.6 Å². The molecule has 16 heavy (non-hydrogen) atoms. The van der Waals surface area contributed by atoms with Crippen LogP contribution in [0.3, 0.4) is 0 Å². The summed E-state index contributed by atoms with van der Waals surface area (Å²) in [7, 11) is 0. The van der Waals surface area contributed by atoms with Gasteiger partial charge in [-0.3, -0.25) is 4.98 Å². The first-order valence-electron chi connectivity index (χ1n) is 5.89. The summed E-state index contributed by atoms with van der Waals surface area (Å²) >= 11 is 6.47. The molecule has 1 saturated heterocycles. The van der Waals surface area contributed by atoms with Crippen molar-refractivity contribution in [1.82, 2.24) is 4.98 Å². The van der Waals surface area contributed by atoms with Crippen molar-refractivity contribution in [3.05, 3.63) is 30.1 Å². The van der Waals surface area contributed by atoms with Gasteiger partial charge in [-0.25, -0.2) is 0 Å². The predicted octanol–water partition coefficient (Wildman–Crippen LogP) is 3.36. The lowest BCUT2D eigenvalue weighted by Crippen LogP contribution is -2.26. The van der Waals surface area contributed by atoms with Crippen molar-refractivity contribution in [3.8, 4) is 0 Å². The second kappa shape index (κ2) is 5.15. The zero-order valence-corrected chi connectivity index (χ0v) is 10.5. The number of ether oxygens (including phenoxy) is 1. The first-order valence-corrected chi connectivity index (χ1v) is 6.32. The summed E-state index contributed by atoms with van der Waals surface area (Å²) in [6, 6.07) is 5.95. The first kappa shape index (κ1) is 11.9. The van der Waals surface area contributed by atoms with Crippen molar-refractivity contribution < 1.29 is 4.74 Å². The molecule has 0 aliphatic carbocycles. The Morgan fingerprint density at radius 1 is 1.44 bits per heavy atom. The number of pyridine rings is 1. The number of nitrogens with zero attached hydrogens (tertiary/aromatic N) is 1. The molecule has 0 amide bonds. The fourth-order valence-corrected chi connectivity index (χ4v) is 2.51. The van der Waals surface area contributed by atoms with Gasteiger partial charge in [0, 0.05) is 17.8 Å². The van der Waals surface area contributed by atoms with Gasteiger partial charge in [0.2, 0.25) is 0 Å². The SMILES string of the molecule is CC1CCC(C(Cl)C(C)c2ccccn2)O1. The van der Waals surface area contributed by atoms with E-state index in [1.165, 1.54) is 0 Å². The van der Waals surface area contributed by atoms with E-state index in [1.807, 2.05) is 24.4 Å². The van der Waals surface area contributed by atoms with Crippen LogP contribution in [0, 0.1) is 0 Å². The summed E-state index contributed by atoms with van der Waals surface area (Å²) < 4.78 is 5.81. The van der Waals surface area contributed by atoms with E-state index < -0.39 is 0 Å². The number of aromatic nitrogens is 1. The molecule has 2 rings (SSSR count). The molecule has 4 unspecified atom stereocenters. The maximum Gasteiger partial charge on any atom is 0.0749 e. The van der Waals surface area contributed by atoms with E-state index in [9.17, 15) is 0 Å². The molecule has 2 heterocycles. The second-order valence-corrected chi connectivity index (χ2v) is 5.05. The lowest BCUT2D eigenvalue weighted by molar-refractivity contribution is 0.0499. The van der Waals surface area contributed by atoms with Crippen molar-refractivity contribution in [2.45, 2.75) is 50.2 Å². The lowest BCUT2D eigenvalue weighted by Gasteiger charge is -2.23. The van der Waals surface area contributed by atoms with E-state index in [0.29, 0.717) is 6.10 Å². The minimum Gasteiger partial charge on any atom is -0.374 e. The lowest BCUT2D eigenvalue weighted by atomic mass is 9.97. The normalized spacial score (nSPS) is 28.9. The minimum absolute atomic E-state index is 0.0138. The predicted molar refractivity (Wildman–Crippen MR) is 65.9 cm³/mol. The highest BCUT2D eigenvalue weighted by molar-refractivity contribution is 6.21. The summed E-state index contributed by atoms with van der Waals surface area (Å²) in [5, 5.41) is 0.0138. The van der Waals surface area contributed by atoms with Gasteiger partial charge in [-0.1, -0.05) is 13.0 Å². The molecule has 1 aliphatic rings. The van der Waals surface area contributed by atoms with Gasteiger partial charge in [0.05, 0.1) is 17.6 Å². The molecule has 0 saturated carbocycles. The molecule has 0 N–H and O–H groups in total. The summed E-state index contributed by atoms with van der Waals surface area (Å²) in [5.41, 5.74) is 1.05. The third-order valence-corrected chi connectivity index (χ3v) is 3.91. The molecule has 1 aliphatic heterocycles. The fourth-order valence-electron chi connectivity index (χ4n) is 2.20. The zero-order valence-electron chi connectivity index (χ0n) is 9.77. The molecule has 3 heteroatoms. The molecular formula is C13H18ClNO. The molecule has 1 fully saturated rings. The Kier molecular flexibility index (Phi) is 3.82. The maximum atomic E-state index is 6.47. The van der Waals surface area contributed by atoms with Gasteiger partial charge in [0.1, 0.15) is 0 Å². The Morgan fingerprint density at radius 2 is 2.25 bits per heavy atom. The van der Waals surface area contributed by atoms with Crippen LogP contribution in [-0.4, -0.2) is 22.6 Å². The molecule has 88 valence electrons. The van der Waals surface area contributed by atoms with Crippen molar-refractivity contribution in [2.24, 2.45) is 0 Å². The van der Waals surface area contributed by atoms with E-state index >= 15 is 0 Å². The van der Waals surface area contributed by atoms with Crippen LogP contribution in [-0.2, 0) is 4.74 Å². The molecule has 0 aromatic carbocycles. The number of halogens is 1. The molecule has 0 spiro atoms. The zero-order chi connectivity index (χ0) is 11.5. The fraction of sp³-hybridized carbons (Fsp3) is 0.615. The van der Waals surface area contributed by atoms with E-state index in [0.717, 1.165) is 18.5 Å². The Balaban J connectivity index is 2.02. The van der Waals surface area contributed by atoms with E-state index in [4.69, 9.17) is 16.3 Å². The van der Waals surface area contributed by atoms with Crippen molar-refractivity contribution in [1.29, 1.82) is 0 Å². The number of alkyl halides is 1. The highest BCUT2D eigenvalue weighted by Gasteiger charge is 2.32. The van der Waals surface area contributed by atoms with E-state index in [-0.39, 0.29) is 17.4 Å². The molecule has 0 bridgehead atoms. The van der Waals surface area contributed by atoms with Crippen molar-refractivity contribution in [3.63, 3.8) is 0 Å². The maximum absolute atomic E-state index is 6.47. The van der Waals surface area contributed by atoms with Crippen LogP contribution in [0.4, 0.5) is 0 Å². The Hall–Kier alpha value is -0.600. The van der Waals surface area contributed by atoms with Crippen molar-refractivity contribution in [2.75, 3.05) is 0 Å². The van der Waals surface area contributed by atoms with Gasteiger partial charge in [0.15, 0.2) is 0 Å². The van der Waals surface area contributed by atoms with E-state index in [1.54, 1.807) is 0 Å². The summed E-state index contributed by atoms with van der Waals surface area (Å²) in [5.74, 6) is 0.234. The molecular weight excluding hydrogens is 222 g/mol. The average Bonchev–Trinajstić information content (AvgIpc) is 2.75. The topological polar surface area (TPSA) is 22.1 Å².